The fourth-order valence-electron chi connectivity index (χ4n) is 1.35. The molecule has 0 bridgehead atoms. The zero-order valence-electron chi connectivity index (χ0n) is 9.09. The summed E-state index contributed by atoms with van der Waals surface area (Å²) in [5.74, 6) is 1.27. The minimum Gasteiger partial charge on any atom is -0.382 e. The second kappa shape index (κ2) is 4.79. The van der Waals surface area contributed by atoms with Crippen LogP contribution in [0.15, 0.2) is 0 Å². The van der Waals surface area contributed by atoms with E-state index < -0.39 is 0 Å². The van der Waals surface area contributed by atoms with E-state index in [1.165, 1.54) is 6.42 Å². The molecule has 0 saturated heterocycles. The number of rotatable bonds is 4. The minimum absolute atomic E-state index is 0.547. The van der Waals surface area contributed by atoms with Crippen molar-refractivity contribution in [2.45, 2.75) is 33.6 Å². The molecular weight excluding hydrogens is 176 g/mol. The number of nitrogens with zero attached hydrogens (tertiary/aromatic N) is 2. The van der Waals surface area contributed by atoms with E-state index in [1.807, 2.05) is 13.8 Å². The maximum atomic E-state index is 5.79. The number of hydrogen-bond donors (Lipinski definition) is 2. The van der Waals surface area contributed by atoms with Gasteiger partial charge in [-0.05, 0) is 20.3 Å². The average molecular weight is 194 g/mol. The predicted molar refractivity (Wildman–Crippen MR) is 59.3 cm³/mol. The molecule has 3 N–H and O–H groups in total. The van der Waals surface area contributed by atoms with E-state index >= 15 is 0 Å². The van der Waals surface area contributed by atoms with Crippen LogP contribution in [0.3, 0.4) is 0 Å². The molecule has 0 aliphatic rings. The standard InChI is InChI=1S/C10H18N4/c1-4-5-6-12-9-7(2)13-8(3)14-10(9)11/h12H,4-6H2,1-3H3,(H2,11,13,14). The number of unbranched alkanes of at least 4 members (excludes halogenated alkanes) is 1. The molecule has 1 aromatic heterocycles. The van der Waals surface area contributed by atoms with E-state index in [2.05, 4.69) is 22.2 Å². The minimum atomic E-state index is 0.547. The zero-order chi connectivity index (χ0) is 10.6. The van der Waals surface area contributed by atoms with Gasteiger partial charge in [0.1, 0.15) is 5.82 Å². The average Bonchev–Trinajstić information content (AvgIpc) is 2.09. The molecule has 4 heteroatoms. The molecule has 1 rings (SSSR count). The Hall–Kier alpha value is -1.32. The fourth-order valence-corrected chi connectivity index (χ4v) is 1.35. The van der Waals surface area contributed by atoms with Crippen molar-refractivity contribution in [2.24, 2.45) is 0 Å². The van der Waals surface area contributed by atoms with Gasteiger partial charge in [-0.15, -0.1) is 0 Å². The van der Waals surface area contributed by atoms with Crippen LogP contribution < -0.4 is 11.1 Å². The quantitative estimate of drug-likeness (QED) is 0.718. The van der Waals surface area contributed by atoms with Gasteiger partial charge in [-0.1, -0.05) is 13.3 Å². The summed E-state index contributed by atoms with van der Waals surface area (Å²) in [7, 11) is 0. The Kier molecular flexibility index (Phi) is 3.68. The van der Waals surface area contributed by atoms with Crippen LogP contribution in [0.25, 0.3) is 0 Å². The van der Waals surface area contributed by atoms with Gasteiger partial charge in [0.05, 0.1) is 11.4 Å². The van der Waals surface area contributed by atoms with Crippen molar-refractivity contribution >= 4 is 11.5 Å². The summed E-state index contributed by atoms with van der Waals surface area (Å²) in [4.78, 5) is 8.38. The molecule has 4 nitrogen and oxygen atoms in total. The molecule has 0 atom stereocenters. The molecule has 0 radical (unpaired) electrons. The van der Waals surface area contributed by atoms with Crippen molar-refractivity contribution in [3.05, 3.63) is 11.5 Å². The Morgan fingerprint density at radius 3 is 2.57 bits per heavy atom. The van der Waals surface area contributed by atoms with Gasteiger partial charge >= 0.3 is 0 Å². The topological polar surface area (TPSA) is 63.8 Å². The summed E-state index contributed by atoms with van der Waals surface area (Å²) in [6, 6.07) is 0. The van der Waals surface area contributed by atoms with Crippen LogP contribution in [0, 0.1) is 13.8 Å². The summed E-state index contributed by atoms with van der Waals surface area (Å²) >= 11 is 0. The second-order valence-electron chi connectivity index (χ2n) is 3.40. The van der Waals surface area contributed by atoms with Crippen molar-refractivity contribution in [1.82, 2.24) is 9.97 Å². The van der Waals surface area contributed by atoms with Crippen molar-refractivity contribution in [3.8, 4) is 0 Å². The zero-order valence-corrected chi connectivity index (χ0v) is 9.09. The van der Waals surface area contributed by atoms with E-state index in [1.54, 1.807) is 0 Å². The Morgan fingerprint density at radius 2 is 2.00 bits per heavy atom. The molecule has 0 amide bonds. The van der Waals surface area contributed by atoms with Crippen LogP contribution in [0.2, 0.25) is 0 Å². The highest BCUT2D eigenvalue weighted by molar-refractivity contribution is 5.64. The van der Waals surface area contributed by atoms with E-state index in [0.717, 1.165) is 30.2 Å². The Morgan fingerprint density at radius 1 is 1.29 bits per heavy atom. The summed E-state index contributed by atoms with van der Waals surface area (Å²) in [6.07, 6.45) is 2.30. The molecule has 14 heavy (non-hydrogen) atoms. The Balaban J connectivity index is 2.75. The monoisotopic (exact) mass is 194 g/mol. The number of nitrogens with one attached hydrogen (secondary N) is 1. The van der Waals surface area contributed by atoms with E-state index in [4.69, 9.17) is 5.73 Å². The van der Waals surface area contributed by atoms with E-state index in [9.17, 15) is 0 Å². The van der Waals surface area contributed by atoms with Gasteiger partial charge in [-0.3, -0.25) is 0 Å². The molecule has 0 aliphatic carbocycles. The van der Waals surface area contributed by atoms with Gasteiger partial charge in [0, 0.05) is 6.54 Å². The summed E-state index contributed by atoms with van der Waals surface area (Å²) in [5, 5.41) is 3.26. The first-order valence-corrected chi connectivity index (χ1v) is 4.99. The summed E-state index contributed by atoms with van der Waals surface area (Å²) in [5.41, 5.74) is 7.59. The number of aromatic nitrogens is 2. The SMILES string of the molecule is CCCCNc1c(C)nc(C)nc1N. The molecule has 0 spiro atoms. The van der Waals surface area contributed by atoms with Gasteiger partial charge < -0.3 is 11.1 Å². The third kappa shape index (κ3) is 2.58. The molecule has 78 valence electrons. The third-order valence-corrected chi connectivity index (χ3v) is 2.06. The lowest BCUT2D eigenvalue weighted by molar-refractivity contribution is 0.831. The fraction of sp³-hybridized carbons (Fsp3) is 0.600. The first-order chi connectivity index (χ1) is 6.65. The molecule has 1 heterocycles. The Bertz CT molecular complexity index is 286. The number of nitrogens with two attached hydrogens (primary N) is 1. The summed E-state index contributed by atoms with van der Waals surface area (Å²) < 4.78 is 0. The maximum absolute atomic E-state index is 5.79. The summed E-state index contributed by atoms with van der Waals surface area (Å²) in [6.45, 7) is 6.87. The first-order valence-electron chi connectivity index (χ1n) is 4.99. The highest BCUT2D eigenvalue weighted by atomic mass is 15.0. The number of anilines is 2. The van der Waals surface area contributed by atoms with Crippen LogP contribution in [0.1, 0.15) is 31.3 Å². The molecule has 0 saturated carbocycles. The van der Waals surface area contributed by atoms with Crippen LogP contribution in [-0.2, 0) is 0 Å². The Labute approximate surface area is 85.0 Å². The van der Waals surface area contributed by atoms with Gasteiger partial charge in [-0.2, -0.15) is 0 Å². The van der Waals surface area contributed by atoms with Crippen molar-refractivity contribution < 1.29 is 0 Å². The number of nitrogen functional groups attached to an aromatic ring is 1. The lowest BCUT2D eigenvalue weighted by Gasteiger charge is -2.10. The number of hydrogen-bond acceptors (Lipinski definition) is 4. The molecule has 0 aliphatic heterocycles. The van der Waals surface area contributed by atoms with E-state index in [-0.39, 0.29) is 0 Å². The van der Waals surface area contributed by atoms with Crippen molar-refractivity contribution in [3.63, 3.8) is 0 Å². The highest BCUT2D eigenvalue weighted by Gasteiger charge is 2.05. The first kappa shape index (κ1) is 10.8. The van der Waals surface area contributed by atoms with E-state index in [0.29, 0.717) is 5.82 Å². The van der Waals surface area contributed by atoms with Gasteiger partial charge in [0.2, 0.25) is 0 Å². The lowest BCUT2D eigenvalue weighted by Crippen LogP contribution is -2.09. The highest BCUT2D eigenvalue weighted by Crippen LogP contribution is 2.19. The normalized spacial score (nSPS) is 10.2. The second-order valence-corrected chi connectivity index (χ2v) is 3.40. The molecule has 1 aromatic rings. The van der Waals surface area contributed by atoms with Gasteiger partial charge in [0.15, 0.2) is 5.82 Å². The third-order valence-electron chi connectivity index (χ3n) is 2.06. The smallest absolute Gasteiger partial charge is 0.150 e. The van der Waals surface area contributed by atoms with Crippen LogP contribution in [0.4, 0.5) is 11.5 Å². The lowest BCUT2D eigenvalue weighted by atomic mass is 10.3. The van der Waals surface area contributed by atoms with Gasteiger partial charge in [0.25, 0.3) is 0 Å². The van der Waals surface area contributed by atoms with Crippen molar-refractivity contribution in [2.75, 3.05) is 17.6 Å². The number of aryl methyl sites for hydroxylation is 2. The molecule has 0 aromatic carbocycles. The van der Waals surface area contributed by atoms with Crippen molar-refractivity contribution in [1.29, 1.82) is 0 Å². The maximum Gasteiger partial charge on any atom is 0.150 e. The molecule has 0 fully saturated rings. The van der Waals surface area contributed by atoms with Crippen LogP contribution >= 0.6 is 0 Å². The predicted octanol–water partition coefficient (Wildman–Crippen LogP) is 1.89. The molecular formula is C10H18N4. The largest absolute Gasteiger partial charge is 0.382 e. The van der Waals surface area contributed by atoms with Gasteiger partial charge in [-0.25, -0.2) is 9.97 Å². The van der Waals surface area contributed by atoms with Crippen LogP contribution in [-0.4, -0.2) is 16.5 Å². The molecule has 0 unspecified atom stereocenters. The van der Waals surface area contributed by atoms with Crippen LogP contribution in [0.5, 0.6) is 0 Å².